The highest BCUT2D eigenvalue weighted by Gasteiger charge is 2.63. The van der Waals surface area contributed by atoms with Crippen LogP contribution < -0.4 is 5.73 Å². The summed E-state index contributed by atoms with van der Waals surface area (Å²) in [6, 6.07) is 7.60. The maximum absolute atomic E-state index is 15.7. The molecule has 6 atom stereocenters. The summed E-state index contributed by atoms with van der Waals surface area (Å²) in [5, 5.41) is 44.0. The number of aliphatic hydroxyl groups excluding tert-OH is 2. The van der Waals surface area contributed by atoms with Crippen molar-refractivity contribution in [2.75, 3.05) is 13.2 Å². The van der Waals surface area contributed by atoms with Gasteiger partial charge in [-0.25, -0.2) is 22.2 Å². The van der Waals surface area contributed by atoms with Gasteiger partial charge >= 0.3 is 0 Å². The molecule has 3 aromatic carbocycles. The molecule has 2 aromatic heterocycles. The molecule has 0 bridgehead atoms. The van der Waals surface area contributed by atoms with E-state index in [0.717, 1.165) is 16.8 Å². The van der Waals surface area contributed by atoms with Crippen molar-refractivity contribution in [3.05, 3.63) is 88.9 Å². The average molecular weight is 671 g/mol. The van der Waals surface area contributed by atoms with Gasteiger partial charge in [0.2, 0.25) is 11.7 Å². The number of fused-ring (bicyclic) bond motifs is 1. The fourth-order valence-electron chi connectivity index (χ4n) is 6.64. The van der Waals surface area contributed by atoms with E-state index in [4.69, 9.17) is 19.9 Å². The molecule has 1 spiro atoms. The number of carbonyl (C=O) groups excluding carboxylic acids is 1. The van der Waals surface area contributed by atoms with Crippen LogP contribution >= 0.6 is 0 Å². The zero-order chi connectivity index (χ0) is 33.7. The molecule has 7 rings (SSSR count). The fraction of sp³-hybridized carbons (Fsp3) is 0.333. The standard InChI is InChI=1S/C30H26F4N8O6/c31-18-9-16(24(29(35)45)15-4-2-1-3-14(15)18)17-5-6-47-30(17)28(46-12-23-37-39-40-38-23)26(27(44)22(11-43)48-30)42-10-21(36-41-42)13-7-19(32)25(34)20(33)8-13/h1-4,7-10,17,22,26-28,43-44H,5-6,11-12H2,(H2,35,45)(H,37,38,39,40)/t17-,22-,26+,27+,28-,30+/m1/s1. The van der Waals surface area contributed by atoms with Crippen LogP contribution in [0.5, 0.6) is 0 Å². The Bertz CT molecular complexity index is 1970. The van der Waals surface area contributed by atoms with E-state index in [2.05, 4.69) is 30.9 Å². The van der Waals surface area contributed by atoms with E-state index in [1.165, 1.54) is 18.3 Å². The largest absolute Gasteiger partial charge is 0.394 e. The van der Waals surface area contributed by atoms with E-state index in [9.17, 15) is 28.2 Å². The number of ether oxygens (including phenoxy) is 3. The Morgan fingerprint density at radius 2 is 1.85 bits per heavy atom. The first kappa shape index (κ1) is 31.7. The molecular weight excluding hydrogens is 644 g/mol. The smallest absolute Gasteiger partial charge is 0.249 e. The van der Waals surface area contributed by atoms with E-state index in [0.29, 0.717) is 0 Å². The molecular formula is C30H26F4N8O6. The van der Waals surface area contributed by atoms with Gasteiger partial charge < -0.3 is 30.2 Å². The number of nitrogens with one attached hydrogen (secondary N) is 1. The SMILES string of the molecule is NC(=O)c1c([C@H]2CCO[C@]23O[C@H](CO)[C@H](O)[C@H](n2cc(-c4cc(F)c(F)c(F)c4)nn2)[C@H]3OCc2nn[nH]n2)cc(F)c2ccccc12. The molecule has 18 heteroatoms. The lowest BCUT2D eigenvalue weighted by molar-refractivity contribution is -0.354. The van der Waals surface area contributed by atoms with Crippen LogP contribution in [0.25, 0.3) is 22.0 Å². The number of rotatable bonds is 8. The predicted octanol–water partition coefficient (Wildman–Crippen LogP) is 2.05. The minimum absolute atomic E-state index is 0.00289. The van der Waals surface area contributed by atoms with E-state index in [1.807, 2.05) is 0 Å². The van der Waals surface area contributed by atoms with Crippen molar-refractivity contribution in [1.29, 1.82) is 0 Å². The molecule has 5 aromatic rings. The molecule has 0 saturated carbocycles. The second kappa shape index (κ2) is 12.3. The van der Waals surface area contributed by atoms with E-state index in [-0.39, 0.29) is 58.6 Å². The zero-order valence-corrected chi connectivity index (χ0v) is 24.6. The summed E-state index contributed by atoms with van der Waals surface area (Å²) in [7, 11) is 0. The van der Waals surface area contributed by atoms with Gasteiger partial charge in [0.15, 0.2) is 23.3 Å². The first-order valence-electron chi connectivity index (χ1n) is 14.6. The van der Waals surface area contributed by atoms with Crippen LogP contribution in [0.4, 0.5) is 17.6 Å². The van der Waals surface area contributed by atoms with E-state index >= 15 is 4.39 Å². The molecule has 5 N–H and O–H groups in total. The van der Waals surface area contributed by atoms with Crippen LogP contribution in [0.15, 0.2) is 48.7 Å². The number of carbonyl (C=O) groups is 1. The van der Waals surface area contributed by atoms with Crippen LogP contribution in [-0.2, 0) is 20.8 Å². The van der Waals surface area contributed by atoms with Crippen LogP contribution in [0.1, 0.15) is 40.1 Å². The summed E-state index contributed by atoms with van der Waals surface area (Å²) in [6.45, 7) is -1.07. The molecule has 2 aliphatic rings. The Kier molecular flexibility index (Phi) is 8.12. The third-order valence-electron chi connectivity index (χ3n) is 8.70. The molecule has 0 aliphatic carbocycles. The lowest BCUT2D eigenvalue weighted by Gasteiger charge is -2.51. The average Bonchev–Trinajstić information content (AvgIpc) is 3.86. The normalized spacial score (nSPS) is 25.7. The maximum atomic E-state index is 15.7. The zero-order valence-electron chi connectivity index (χ0n) is 24.6. The first-order valence-corrected chi connectivity index (χ1v) is 14.6. The number of nitrogens with two attached hydrogens (primary N) is 1. The molecule has 48 heavy (non-hydrogen) atoms. The molecule has 250 valence electrons. The number of nitrogens with zero attached hydrogens (tertiary/aromatic N) is 6. The van der Waals surface area contributed by atoms with Crippen molar-refractivity contribution in [3.63, 3.8) is 0 Å². The number of aromatic nitrogens is 7. The molecule has 4 heterocycles. The van der Waals surface area contributed by atoms with Gasteiger partial charge in [-0.1, -0.05) is 34.7 Å². The van der Waals surface area contributed by atoms with Crippen LogP contribution in [-0.4, -0.2) is 89.1 Å². The predicted molar refractivity (Wildman–Crippen MR) is 154 cm³/mol. The van der Waals surface area contributed by atoms with Gasteiger partial charge in [0, 0.05) is 16.9 Å². The number of aliphatic hydroxyl groups is 2. The van der Waals surface area contributed by atoms with Crippen LogP contribution in [0.3, 0.4) is 0 Å². The second-order valence-corrected chi connectivity index (χ2v) is 11.4. The first-order chi connectivity index (χ1) is 23.1. The molecule has 0 unspecified atom stereocenters. The monoisotopic (exact) mass is 670 g/mol. The van der Waals surface area contributed by atoms with Crippen molar-refractivity contribution < 1.29 is 46.8 Å². The minimum atomic E-state index is -1.94. The fourth-order valence-corrected chi connectivity index (χ4v) is 6.64. The molecule has 2 fully saturated rings. The maximum Gasteiger partial charge on any atom is 0.249 e. The summed E-state index contributed by atoms with van der Waals surface area (Å²) in [5.41, 5.74) is 5.75. The lowest BCUT2D eigenvalue weighted by Crippen LogP contribution is -2.65. The van der Waals surface area contributed by atoms with Gasteiger partial charge in [-0.2, -0.15) is 5.21 Å². The number of tetrazole rings is 1. The summed E-state index contributed by atoms with van der Waals surface area (Å²) >= 11 is 0. The van der Waals surface area contributed by atoms with Crippen molar-refractivity contribution in [2.45, 2.75) is 49.1 Å². The van der Waals surface area contributed by atoms with Crippen molar-refractivity contribution in [3.8, 4) is 11.3 Å². The minimum Gasteiger partial charge on any atom is -0.394 e. The topological polar surface area (TPSA) is 196 Å². The van der Waals surface area contributed by atoms with Crippen LogP contribution in [0, 0.1) is 23.3 Å². The second-order valence-electron chi connectivity index (χ2n) is 11.4. The quantitative estimate of drug-likeness (QED) is 0.139. The number of benzene rings is 3. The summed E-state index contributed by atoms with van der Waals surface area (Å²) < 4.78 is 77.5. The Balaban J connectivity index is 1.39. The number of hydrogen-bond acceptors (Lipinski definition) is 11. The number of amides is 1. The number of halogens is 4. The van der Waals surface area contributed by atoms with Gasteiger partial charge in [-0.05, 0) is 35.6 Å². The molecule has 2 aliphatic heterocycles. The molecule has 0 radical (unpaired) electrons. The van der Waals surface area contributed by atoms with Crippen LogP contribution in [0.2, 0.25) is 0 Å². The summed E-state index contributed by atoms with van der Waals surface area (Å²) in [4.78, 5) is 13.0. The van der Waals surface area contributed by atoms with Crippen molar-refractivity contribution in [1.82, 2.24) is 35.6 Å². The van der Waals surface area contributed by atoms with Crippen molar-refractivity contribution in [2.24, 2.45) is 5.73 Å². The number of hydrogen-bond donors (Lipinski definition) is 4. The Labute approximate surface area is 267 Å². The molecule has 14 nitrogen and oxygen atoms in total. The lowest BCUT2D eigenvalue weighted by atomic mass is 9.77. The summed E-state index contributed by atoms with van der Waals surface area (Å²) in [5.74, 6) is -8.92. The molecule has 1 amide bonds. The van der Waals surface area contributed by atoms with Gasteiger partial charge in [-0.15, -0.1) is 15.3 Å². The highest BCUT2D eigenvalue weighted by Crippen LogP contribution is 2.53. The number of aromatic amines is 1. The Hall–Kier alpha value is -4.88. The molecule has 2 saturated heterocycles. The number of H-pyrrole nitrogens is 1. The Morgan fingerprint density at radius 3 is 2.54 bits per heavy atom. The Morgan fingerprint density at radius 1 is 1.10 bits per heavy atom. The highest BCUT2D eigenvalue weighted by atomic mass is 19.2. The van der Waals surface area contributed by atoms with E-state index < -0.39 is 71.8 Å². The van der Waals surface area contributed by atoms with Crippen molar-refractivity contribution >= 4 is 16.7 Å². The summed E-state index contributed by atoms with van der Waals surface area (Å²) in [6.07, 6.45) is -2.96. The third-order valence-corrected chi connectivity index (χ3v) is 8.70. The van der Waals surface area contributed by atoms with E-state index in [1.54, 1.807) is 18.2 Å². The van der Waals surface area contributed by atoms with Gasteiger partial charge in [-0.3, -0.25) is 4.79 Å². The van der Waals surface area contributed by atoms with Gasteiger partial charge in [0.1, 0.15) is 42.5 Å². The van der Waals surface area contributed by atoms with Gasteiger partial charge in [0.25, 0.3) is 0 Å². The highest BCUT2D eigenvalue weighted by molar-refractivity contribution is 6.08. The number of primary amides is 1. The van der Waals surface area contributed by atoms with Gasteiger partial charge in [0.05, 0.1) is 25.0 Å². The third kappa shape index (κ3) is 5.17.